The minimum Gasteiger partial charge on any atom is -0.480 e. The van der Waals surface area contributed by atoms with Gasteiger partial charge in [0.1, 0.15) is 12.1 Å². The largest absolute Gasteiger partial charge is 0.480 e. The normalized spacial score (nSPS) is 26.7. The lowest BCUT2D eigenvalue weighted by molar-refractivity contribution is -0.150. The first kappa shape index (κ1) is 22.5. The van der Waals surface area contributed by atoms with Crippen LogP contribution in [-0.4, -0.2) is 52.1 Å². The number of rotatable bonds is 5. The molecule has 0 unspecified atom stereocenters. The maximum atomic E-state index is 13.4. The predicted octanol–water partition coefficient (Wildman–Crippen LogP) is 2.99. The van der Waals surface area contributed by atoms with Crippen LogP contribution in [0.1, 0.15) is 74.1 Å². The molecular formula is C21H37N3O4. The van der Waals surface area contributed by atoms with Crippen molar-refractivity contribution in [3.63, 3.8) is 0 Å². The summed E-state index contributed by atoms with van der Waals surface area (Å²) in [5.74, 6) is -0.633. The average Bonchev–Trinajstić information content (AvgIpc) is 3.21. The second-order valence-corrected chi connectivity index (χ2v) is 11.1. The first-order valence-electron chi connectivity index (χ1n) is 10.2. The molecule has 0 spiro atoms. The van der Waals surface area contributed by atoms with E-state index in [0.29, 0.717) is 18.9 Å². The van der Waals surface area contributed by atoms with Crippen LogP contribution < -0.4 is 10.6 Å². The maximum Gasteiger partial charge on any atom is 0.326 e. The van der Waals surface area contributed by atoms with E-state index in [1.165, 1.54) is 17.7 Å². The molecule has 1 saturated heterocycles. The summed E-state index contributed by atoms with van der Waals surface area (Å²) in [4.78, 5) is 39.2. The standard InChI is InChI=1S/C21H37N3O4/c1-19(2,3)15(22-18(28)23-20(4,5)6)16(25)24-12-21(7,10-13-8-9-13)11-14(24)17(26)27/h13-15H,8-12H2,1-7H3,(H,26,27)(H2,22,23,28)/t14-,15+,21-/m0/s1. The summed E-state index contributed by atoms with van der Waals surface area (Å²) < 4.78 is 0. The minimum absolute atomic E-state index is 0.185. The van der Waals surface area contributed by atoms with Crippen molar-refractivity contribution >= 4 is 17.9 Å². The highest BCUT2D eigenvalue weighted by Gasteiger charge is 2.50. The Bertz CT molecular complexity index is 631. The monoisotopic (exact) mass is 395 g/mol. The van der Waals surface area contributed by atoms with Gasteiger partial charge in [-0.15, -0.1) is 0 Å². The number of nitrogens with one attached hydrogen (secondary N) is 2. The molecule has 0 aromatic rings. The van der Waals surface area contributed by atoms with Gasteiger partial charge in [0.25, 0.3) is 0 Å². The van der Waals surface area contributed by atoms with Crippen LogP contribution in [0.15, 0.2) is 0 Å². The number of hydrogen-bond donors (Lipinski definition) is 3. The highest BCUT2D eigenvalue weighted by atomic mass is 16.4. The first-order chi connectivity index (χ1) is 12.6. The summed E-state index contributed by atoms with van der Waals surface area (Å²) in [6.45, 7) is 13.7. The molecule has 3 atom stereocenters. The van der Waals surface area contributed by atoms with Gasteiger partial charge in [-0.25, -0.2) is 9.59 Å². The number of carboxylic acid groups (broad SMARTS) is 1. The van der Waals surface area contributed by atoms with E-state index in [1.807, 2.05) is 41.5 Å². The van der Waals surface area contributed by atoms with Gasteiger partial charge < -0.3 is 20.6 Å². The lowest BCUT2D eigenvalue weighted by Gasteiger charge is -2.36. The molecule has 2 aliphatic rings. The lowest BCUT2D eigenvalue weighted by Crippen LogP contribution is -2.60. The van der Waals surface area contributed by atoms with E-state index in [4.69, 9.17) is 0 Å². The third-order valence-electron chi connectivity index (χ3n) is 5.54. The molecule has 2 rings (SSSR count). The zero-order valence-electron chi connectivity index (χ0n) is 18.4. The van der Waals surface area contributed by atoms with Gasteiger partial charge in [-0.3, -0.25) is 4.79 Å². The summed E-state index contributed by atoms with van der Waals surface area (Å²) in [7, 11) is 0. The van der Waals surface area contributed by atoms with Gasteiger partial charge in [-0.05, 0) is 50.4 Å². The van der Waals surface area contributed by atoms with Gasteiger partial charge in [-0.1, -0.05) is 40.5 Å². The van der Waals surface area contributed by atoms with E-state index >= 15 is 0 Å². The zero-order valence-corrected chi connectivity index (χ0v) is 18.4. The van der Waals surface area contributed by atoms with Crippen LogP contribution in [0.25, 0.3) is 0 Å². The van der Waals surface area contributed by atoms with E-state index in [2.05, 4.69) is 17.6 Å². The molecule has 1 saturated carbocycles. The topological polar surface area (TPSA) is 98.7 Å². The molecule has 0 radical (unpaired) electrons. The summed E-state index contributed by atoms with van der Waals surface area (Å²) >= 11 is 0. The van der Waals surface area contributed by atoms with E-state index < -0.39 is 35.0 Å². The molecule has 1 heterocycles. The average molecular weight is 396 g/mol. The Morgan fingerprint density at radius 1 is 1.14 bits per heavy atom. The summed E-state index contributed by atoms with van der Waals surface area (Å²) in [5, 5.41) is 15.4. The zero-order chi connectivity index (χ0) is 21.5. The molecule has 160 valence electrons. The summed E-state index contributed by atoms with van der Waals surface area (Å²) in [6, 6.07) is -2.07. The maximum absolute atomic E-state index is 13.4. The summed E-state index contributed by atoms with van der Waals surface area (Å²) in [5.41, 5.74) is -1.17. The van der Waals surface area contributed by atoms with Crippen LogP contribution >= 0.6 is 0 Å². The van der Waals surface area contributed by atoms with Crippen molar-refractivity contribution < 1.29 is 19.5 Å². The molecule has 7 nitrogen and oxygen atoms in total. The van der Waals surface area contributed by atoms with E-state index in [9.17, 15) is 19.5 Å². The highest BCUT2D eigenvalue weighted by molar-refractivity contribution is 5.91. The van der Waals surface area contributed by atoms with Gasteiger partial charge in [0, 0.05) is 12.1 Å². The van der Waals surface area contributed by atoms with Crippen molar-refractivity contribution in [3.05, 3.63) is 0 Å². The fraction of sp³-hybridized carbons (Fsp3) is 0.857. The van der Waals surface area contributed by atoms with Gasteiger partial charge in [0.05, 0.1) is 0 Å². The fourth-order valence-corrected chi connectivity index (χ4v) is 4.10. The molecule has 3 N–H and O–H groups in total. The van der Waals surface area contributed by atoms with Crippen LogP contribution in [0, 0.1) is 16.7 Å². The summed E-state index contributed by atoms with van der Waals surface area (Å²) in [6.07, 6.45) is 3.81. The van der Waals surface area contributed by atoms with Crippen molar-refractivity contribution in [1.82, 2.24) is 15.5 Å². The second-order valence-electron chi connectivity index (χ2n) is 11.1. The van der Waals surface area contributed by atoms with Crippen molar-refractivity contribution in [2.75, 3.05) is 6.54 Å². The number of carbonyl (C=O) groups excluding carboxylic acids is 2. The number of amides is 3. The predicted molar refractivity (Wildman–Crippen MR) is 108 cm³/mol. The number of carbonyl (C=O) groups is 3. The smallest absolute Gasteiger partial charge is 0.326 e. The highest BCUT2D eigenvalue weighted by Crippen LogP contribution is 2.47. The van der Waals surface area contributed by atoms with Crippen LogP contribution in [-0.2, 0) is 9.59 Å². The number of urea groups is 1. The Morgan fingerprint density at radius 2 is 1.71 bits per heavy atom. The Morgan fingerprint density at radius 3 is 2.14 bits per heavy atom. The van der Waals surface area contributed by atoms with Crippen molar-refractivity contribution in [1.29, 1.82) is 0 Å². The molecule has 7 heteroatoms. The molecule has 28 heavy (non-hydrogen) atoms. The Hall–Kier alpha value is -1.79. The first-order valence-corrected chi connectivity index (χ1v) is 10.2. The quantitative estimate of drug-likeness (QED) is 0.666. The number of hydrogen-bond acceptors (Lipinski definition) is 3. The van der Waals surface area contributed by atoms with E-state index in [0.717, 1.165) is 6.42 Å². The van der Waals surface area contributed by atoms with Crippen molar-refractivity contribution in [2.24, 2.45) is 16.7 Å². The number of carboxylic acids is 1. The van der Waals surface area contributed by atoms with E-state index in [-0.39, 0.29) is 11.3 Å². The van der Waals surface area contributed by atoms with Crippen LogP contribution in [0.2, 0.25) is 0 Å². The molecule has 1 aliphatic heterocycles. The molecular weight excluding hydrogens is 358 g/mol. The van der Waals surface area contributed by atoms with Crippen molar-refractivity contribution in [2.45, 2.75) is 91.8 Å². The van der Waals surface area contributed by atoms with Crippen LogP contribution in [0.3, 0.4) is 0 Å². The molecule has 1 aliphatic carbocycles. The molecule has 0 bridgehead atoms. The third kappa shape index (κ3) is 5.85. The Kier molecular flexibility index (Phi) is 6.07. The third-order valence-corrected chi connectivity index (χ3v) is 5.54. The van der Waals surface area contributed by atoms with Crippen LogP contribution in [0.4, 0.5) is 4.79 Å². The molecule has 3 amide bonds. The Balaban J connectivity index is 2.21. The van der Waals surface area contributed by atoms with Gasteiger partial charge in [0.15, 0.2) is 0 Å². The van der Waals surface area contributed by atoms with Gasteiger partial charge >= 0.3 is 12.0 Å². The van der Waals surface area contributed by atoms with Gasteiger partial charge in [0.2, 0.25) is 5.91 Å². The number of likely N-dealkylation sites (tertiary alicyclic amines) is 1. The second kappa shape index (κ2) is 7.56. The molecule has 0 aromatic heterocycles. The Labute approximate surface area is 168 Å². The number of nitrogens with zero attached hydrogens (tertiary/aromatic N) is 1. The number of aliphatic carboxylic acids is 1. The SMILES string of the molecule is CC(C)(C)NC(=O)N[C@H](C(=O)N1C[C@@](C)(CC2CC2)C[C@H]1C(=O)O)C(C)(C)C. The lowest BCUT2D eigenvalue weighted by atomic mass is 9.82. The van der Waals surface area contributed by atoms with Gasteiger partial charge in [-0.2, -0.15) is 0 Å². The van der Waals surface area contributed by atoms with Crippen molar-refractivity contribution in [3.8, 4) is 0 Å². The molecule has 2 fully saturated rings. The van der Waals surface area contributed by atoms with Crippen LogP contribution in [0.5, 0.6) is 0 Å². The fourth-order valence-electron chi connectivity index (χ4n) is 4.10. The minimum atomic E-state index is -0.973. The van der Waals surface area contributed by atoms with E-state index in [1.54, 1.807) is 0 Å². The molecule has 0 aromatic carbocycles.